The molecule has 4 rings (SSSR count). The van der Waals surface area contributed by atoms with Crippen molar-refractivity contribution in [2.75, 3.05) is 7.11 Å². The summed E-state index contributed by atoms with van der Waals surface area (Å²) in [6.07, 6.45) is 5.51. The minimum absolute atomic E-state index is 0.753. The summed E-state index contributed by atoms with van der Waals surface area (Å²) in [7, 11) is 1.65. The molecule has 0 aliphatic heterocycles. The Bertz CT molecular complexity index is 906. The zero-order valence-corrected chi connectivity index (χ0v) is 10.8. The van der Waals surface area contributed by atoms with Gasteiger partial charge in [0.05, 0.1) is 25.0 Å². The first-order chi connectivity index (χ1) is 9.85. The number of hydrogen-bond donors (Lipinski definition) is 2. The lowest BCUT2D eigenvalue weighted by Crippen LogP contribution is -1.84. The van der Waals surface area contributed by atoms with Crippen molar-refractivity contribution in [2.45, 2.75) is 0 Å². The van der Waals surface area contributed by atoms with Crippen LogP contribution in [0.4, 0.5) is 0 Å². The van der Waals surface area contributed by atoms with Gasteiger partial charge >= 0.3 is 0 Å². The lowest BCUT2D eigenvalue weighted by Gasteiger charge is -2.02. The zero-order valence-electron chi connectivity index (χ0n) is 10.8. The van der Waals surface area contributed by atoms with E-state index in [0.29, 0.717) is 0 Å². The maximum atomic E-state index is 5.25. The van der Waals surface area contributed by atoms with Crippen LogP contribution in [0, 0.1) is 0 Å². The number of hydrogen-bond acceptors (Lipinski definition) is 3. The van der Waals surface area contributed by atoms with Crippen molar-refractivity contribution >= 4 is 21.9 Å². The fourth-order valence-corrected chi connectivity index (χ4v) is 2.44. The normalized spacial score (nSPS) is 11.2. The highest BCUT2D eigenvalue weighted by atomic mass is 16.5. The van der Waals surface area contributed by atoms with E-state index in [9.17, 15) is 0 Å². The van der Waals surface area contributed by atoms with E-state index < -0.39 is 0 Å². The molecule has 0 aliphatic rings. The summed E-state index contributed by atoms with van der Waals surface area (Å²) in [5.41, 5.74) is 4.12. The summed E-state index contributed by atoms with van der Waals surface area (Å²) in [5.74, 6) is 0.753. The molecule has 2 N–H and O–H groups in total. The van der Waals surface area contributed by atoms with E-state index in [0.717, 1.165) is 38.8 Å². The summed E-state index contributed by atoms with van der Waals surface area (Å²) in [6.45, 7) is 0. The van der Waals surface area contributed by atoms with Crippen molar-refractivity contribution in [3.05, 3.63) is 42.9 Å². The number of pyridine rings is 1. The summed E-state index contributed by atoms with van der Waals surface area (Å²) >= 11 is 0. The third kappa shape index (κ3) is 1.56. The number of nitrogens with one attached hydrogen (secondary N) is 2. The summed E-state index contributed by atoms with van der Waals surface area (Å²) in [5, 5.41) is 9.14. The Kier molecular flexibility index (Phi) is 2.26. The van der Waals surface area contributed by atoms with Gasteiger partial charge in [0.1, 0.15) is 11.4 Å². The number of aromatic nitrogens is 4. The second-order valence-corrected chi connectivity index (χ2v) is 4.65. The highest BCUT2D eigenvalue weighted by molar-refractivity contribution is 5.96. The number of H-pyrrole nitrogens is 2. The number of ether oxygens (including phenoxy) is 1. The molecule has 0 amide bonds. The molecule has 1 aromatic carbocycles. The van der Waals surface area contributed by atoms with Gasteiger partial charge in [0.15, 0.2) is 0 Å². The Morgan fingerprint density at radius 1 is 1.15 bits per heavy atom. The van der Waals surface area contributed by atoms with E-state index in [2.05, 4.69) is 32.3 Å². The minimum Gasteiger partial charge on any atom is -0.495 e. The van der Waals surface area contributed by atoms with E-state index in [1.54, 1.807) is 13.3 Å². The van der Waals surface area contributed by atoms with Gasteiger partial charge in [-0.3, -0.25) is 5.10 Å². The predicted molar refractivity (Wildman–Crippen MR) is 77.7 cm³/mol. The second-order valence-electron chi connectivity index (χ2n) is 4.65. The first kappa shape index (κ1) is 11.0. The molecule has 3 aromatic heterocycles. The Labute approximate surface area is 114 Å². The molecule has 5 nitrogen and oxygen atoms in total. The van der Waals surface area contributed by atoms with Gasteiger partial charge in [0, 0.05) is 22.5 Å². The van der Waals surface area contributed by atoms with E-state index in [4.69, 9.17) is 4.74 Å². The molecule has 0 spiro atoms. The molecular weight excluding hydrogens is 252 g/mol. The van der Waals surface area contributed by atoms with E-state index in [1.807, 2.05) is 24.5 Å². The van der Waals surface area contributed by atoms with Crippen molar-refractivity contribution in [1.29, 1.82) is 0 Å². The summed E-state index contributed by atoms with van der Waals surface area (Å²) in [6, 6.07) is 8.21. The predicted octanol–water partition coefficient (Wildman–Crippen LogP) is 3.11. The molecule has 3 heterocycles. The first-order valence-corrected chi connectivity index (χ1v) is 6.30. The molecule has 98 valence electrons. The molecule has 0 radical (unpaired) electrons. The van der Waals surface area contributed by atoms with Crippen LogP contribution in [-0.4, -0.2) is 27.3 Å². The van der Waals surface area contributed by atoms with Gasteiger partial charge in [-0.25, -0.2) is 4.98 Å². The van der Waals surface area contributed by atoms with Crippen molar-refractivity contribution in [2.24, 2.45) is 0 Å². The Morgan fingerprint density at radius 2 is 2.10 bits per heavy atom. The fourth-order valence-electron chi connectivity index (χ4n) is 2.44. The SMILES string of the molecule is COc1cnc2[nH]cc(-c3ccc4[nH]ncc4c3)c2c1. The van der Waals surface area contributed by atoms with Crippen molar-refractivity contribution in [3.8, 4) is 16.9 Å². The molecule has 0 saturated carbocycles. The monoisotopic (exact) mass is 264 g/mol. The van der Waals surface area contributed by atoms with Crippen LogP contribution >= 0.6 is 0 Å². The van der Waals surface area contributed by atoms with Gasteiger partial charge in [-0.2, -0.15) is 5.10 Å². The van der Waals surface area contributed by atoms with Crippen LogP contribution in [0.3, 0.4) is 0 Å². The average Bonchev–Trinajstić information content (AvgIpc) is 3.11. The molecule has 0 fully saturated rings. The maximum Gasteiger partial charge on any atom is 0.138 e. The van der Waals surface area contributed by atoms with Crippen LogP contribution in [0.2, 0.25) is 0 Å². The molecule has 0 aliphatic carbocycles. The fraction of sp³-hybridized carbons (Fsp3) is 0.0667. The molecule has 0 bridgehead atoms. The summed E-state index contributed by atoms with van der Waals surface area (Å²) < 4.78 is 5.25. The van der Waals surface area contributed by atoms with Gasteiger partial charge in [0.25, 0.3) is 0 Å². The van der Waals surface area contributed by atoms with Crippen LogP contribution in [0.1, 0.15) is 0 Å². The Balaban J connectivity index is 1.96. The van der Waals surface area contributed by atoms with E-state index >= 15 is 0 Å². The molecule has 20 heavy (non-hydrogen) atoms. The van der Waals surface area contributed by atoms with Gasteiger partial charge in [-0.1, -0.05) is 6.07 Å². The number of methoxy groups -OCH3 is 1. The highest BCUT2D eigenvalue weighted by Gasteiger charge is 2.09. The molecule has 5 heteroatoms. The van der Waals surface area contributed by atoms with Crippen LogP contribution in [0.15, 0.2) is 42.9 Å². The third-order valence-electron chi connectivity index (χ3n) is 3.49. The smallest absolute Gasteiger partial charge is 0.138 e. The van der Waals surface area contributed by atoms with Crippen LogP contribution in [-0.2, 0) is 0 Å². The molecule has 0 saturated heterocycles. The Hall–Kier alpha value is -2.82. The van der Waals surface area contributed by atoms with Crippen molar-refractivity contribution in [1.82, 2.24) is 20.2 Å². The average molecular weight is 264 g/mol. The van der Waals surface area contributed by atoms with Gasteiger partial charge < -0.3 is 9.72 Å². The molecule has 4 aromatic rings. The number of aromatic amines is 2. The van der Waals surface area contributed by atoms with Crippen LogP contribution in [0.25, 0.3) is 33.1 Å². The third-order valence-corrected chi connectivity index (χ3v) is 3.49. The van der Waals surface area contributed by atoms with Crippen molar-refractivity contribution < 1.29 is 4.74 Å². The van der Waals surface area contributed by atoms with E-state index in [1.165, 1.54) is 0 Å². The first-order valence-electron chi connectivity index (χ1n) is 6.30. The van der Waals surface area contributed by atoms with Gasteiger partial charge in [-0.15, -0.1) is 0 Å². The van der Waals surface area contributed by atoms with Crippen LogP contribution in [0.5, 0.6) is 5.75 Å². The highest BCUT2D eigenvalue weighted by Crippen LogP contribution is 2.31. The molecule has 0 atom stereocenters. The molecule has 0 unspecified atom stereocenters. The maximum absolute atomic E-state index is 5.25. The topological polar surface area (TPSA) is 66.6 Å². The second kappa shape index (κ2) is 4.09. The summed E-state index contributed by atoms with van der Waals surface area (Å²) in [4.78, 5) is 7.54. The van der Waals surface area contributed by atoms with Crippen molar-refractivity contribution in [3.63, 3.8) is 0 Å². The number of rotatable bonds is 2. The quantitative estimate of drug-likeness (QED) is 0.584. The van der Waals surface area contributed by atoms with Gasteiger partial charge in [-0.05, 0) is 23.8 Å². The number of benzene rings is 1. The largest absolute Gasteiger partial charge is 0.495 e. The number of fused-ring (bicyclic) bond motifs is 2. The minimum atomic E-state index is 0.753. The Morgan fingerprint density at radius 3 is 3.00 bits per heavy atom. The van der Waals surface area contributed by atoms with Crippen LogP contribution < -0.4 is 4.74 Å². The zero-order chi connectivity index (χ0) is 13.5. The molecular formula is C15H12N4O. The lowest BCUT2D eigenvalue weighted by molar-refractivity contribution is 0.414. The lowest BCUT2D eigenvalue weighted by atomic mass is 10.0. The standard InChI is InChI=1S/C15H12N4O/c1-20-11-5-12-13(8-17-15(12)16-7-11)9-2-3-14-10(4-9)6-18-19-14/h2-8H,1H3,(H,16,17)(H,18,19). The van der Waals surface area contributed by atoms with E-state index in [-0.39, 0.29) is 0 Å². The number of nitrogens with zero attached hydrogens (tertiary/aromatic N) is 2. The van der Waals surface area contributed by atoms with Gasteiger partial charge in [0.2, 0.25) is 0 Å².